The van der Waals surface area contributed by atoms with Crippen molar-refractivity contribution in [1.29, 1.82) is 0 Å². The van der Waals surface area contributed by atoms with Gasteiger partial charge in [0.2, 0.25) is 0 Å². The fourth-order valence-electron chi connectivity index (χ4n) is 1.91. The van der Waals surface area contributed by atoms with Crippen LogP contribution in [0, 0.1) is 12.3 Å². The maximum atomic E-state index is 9.61. The van der Waals surface area contributed by atoms with Crippen molar-refractivity contribution in [2.45, 2.75) is 39.4 Å². The average Bonchev–Trinajstić information content (AvgIpc) is 2.20. The molecule has 0 heterocycles. The van der Waals surface area contributed by atoms with Gasteiger partial charge in [0.25, 0.3) is 0 Å². The molecule has 15 heavy (non-hydrogen) atoms. The van der Waals surface area contributed by atoms with Crippen molar-refractivity contribution in [3.63, 3.8) is 0 Å². The molecule has 0 aliphatic heterocycles. The van der Waals surface area contributed by atoms with Crippen molar-refractivity contribution >= 4 is 0 Å². The molecule has 0 amide bonds. The fraction of sp³-hybridized carbons (Fsp3) is 0.538. The van der Waals surface area contributed by atoms with Gasteiger partial charge in [0.05, 0.1) is 6.10 Å². The second kappa shape index (κ2) is 3.53. The monoisotopic (exact) mass is 206 g/mol. The predicted molar refractivity (Wildman–Crippen MR) is 60.0 cm³/mol. The van der Waals surface area contributed by atoms with Gasteiger partial charge in [-0.15, -0.1) is 0 Å². The molecule has 2 heteroatoms. The standard InChI is InChI=1S/C13H18O2/c1-9-6-4-5-7-10(9)15-12-8-11(14)13(12,2)3/h4-7,11-12,14H,8H2,1-3H3. The van der Waals surface area contributed by atoms with Crippen LogP contribution in [0.1, 0.15) is 25.8 Å². The van der Waals surface area contributed by atoms with Gasteiger partial charge in [0.1, 0.15) is 11.9 Å². The summed E-state index contributed by atoms with van der Waals surface area (Å²) in [4.78, 5) is 0. The van der Waals surface area contributed by atoms with Crippen molar-refractivity contribution < 1.29 is 9.84 Å². The van der Waals surface area contributed by atoms with Gasteiger partial charge in [-0.2, -0.15) is 0 Å². The topological polar surface area (TPSA) is 29.5 Å². The first kappa shape index (κ1) is 10.5. The second-order valence-electron chi connectivity index (χ2n) is 4.94. The van der Waals surface area contributed by atoms with Gasteiger partial charge in [0, 0.05) is 11.8 Å². The number of aliphatic hydroxyl groups excluding tert-OH is 1. The van der Waals surface area contributed by atoms with Crippen molar-refractivity contribution in [3.8, 4) is 5.75 Å². The number of hydrogen-bond acceptors (Lipinski definition) is 2. The highest BCUT2D eigenvalue weighted by molar-refractivity contribution is 5.32. The SMILES string of the molecule is Cc1ccccc1OC1CC(O)C1(C)C. The third-order valence-electron chi connectivity index (χ3n) is 3.49. The summed E-state index contributed by atoms with van der Waals surface area (Å²) in [7, 11) is 0. The predicted octanol–water partition coefficient (Wildman–Crippen LogP) is 2.53. The van der Waals surface area contributed by atoms with E-state index >= 15 is 0 Å². The van der Waals surface area contributed by atoms with Gasteiger partial charge in [-0.25, -0.2) is 0 Å². The van der Waals surface area contributed by atoms with Crippen LogP contribution in [0.3, 0.4) is 0 Å². The van der Waals surface area contributed by atoms with E-state index < -0.39 is 0 Å². The number of ether oxygens (including phenoxy) is 1. The van der Waals surface area contributed by atoms with Crippen LogP contribution in [0.4, 0.5) is 0 Å². The quantitative estimate of drug-likeness (QED) is 0.805. The van der Waals surface area contributed by atoms with E-state index in [0.29, 0.717) is 0 Å². The van der Waals surface area contributed by atoms with Crippen LogP contribution in [0.25, 0.3) is 0 Å². The number of aryl methyl sites for hydroxylation is 1. The van der Waals surface area contributed by atoms with Crippen LogP contribution in [-0.4, -0.2) is 17.3 Å². The molecule has 0 aromatic heterocycles. The largest absolute Gasteiger partial charge is 0.489 e. The van der Waals surface area contributed by atoms with Crippen LogP contribution < -0.4 is 4.74 Å². The molecule has 0 saturated heterocycles. The minimum Gasteiger partial charge on any atom is -0.489 e. The lowest BCUT2D eigenvalue weighted by Crippen LogP contribution is -2.56. The van der Waals surface area contributed by atoms with Gasteiger partial charge < -0.3 is 9.84 Å². The number of para-hydroxylation sites is 1. The van der Waals surface area contributed by atoms with Gasteiger partial charge in [-0.05, 0) is 18.6 Å². The Morgan fingerprint density at radius 1 is 1.33 bits per heavy atom. The van der Waals surface area contributed by atoms with Crippen LogP contribution in [-0.2, 0) is 0 Å². The molecule has 1 aromatic carbocycles. The lowest BCUT2D eigenvalue weighted by Gasteiger charge is -2.48. The van der Waals surface area contributed by atoms with E-state index in [0.717, 1.165) is 17.7 Å². The van der Waals surface area contributed by atoms with Crippen LogP contribution in [0.2, 0.25) is 0 Å². The molecule has 2 atom stereocenters. The minimum atomic E-state index is -0.230. The van der Waals surface area contributed by atoms with Gasteiger partial charge in [-0.3, -0.25) is 0 Å². The smallest absolute Gasteiger partial charge is 0.122 e. The molecule has 2 unspecified atom stereocenters. The summed E-state index contributed by atoms with van der Waals surface area (Å²) in [6, 6.07) is 8.00. The molecule has 2 rings (SSSR count). The van der Waals surface area contributed by atoms with Crippen LogP contribution >= 0.6 is 0 Å². The molecule has 1 aliphatic carbocycles. The van der Waals surface area contributed by atoms with Gasteiger partial charge >= 0.3 is 0 Å². The summed E-state index contributed by atoms with van der Waals surface area (Å²) >= 11 is 0. The van der Waals surface area contributed by atoms with Gasteiger partial charge in [-0.1, -0.05) is 32.0 Å². The van der Waals surface area contributed by atoms with Crippen molar-refractivity contribution in [1.82, 2.24) is 0 Å². The first-order chi connectivity index (χ1) is 7.01. The fourth-order valence-corrected chi connectivity index (χ4v) is 1.91. The first-order valence-electron chi connectivity index (χ1n) is 5.42. The summed E-state index contributed by atoms with van der Waals surface area (Å²) in [5.74, 6) is 0.933. The zero-order valence-corrected chi connectivity index (χ0v) is 9.53. The Hall–Kier alpha value is -1.02. The molecular formula is C13H18O2. The summed E-state index contributed by atoms with van der Waals surface area (Å²) in [6.07, 6.45) is 0.640. The number of benzene rings is 1. The molecule has 1 N–H and O–H groups in total. The summed E-state index contributed by atoms with van der Waals surface area (Å²) in [6.45, 7) is 6.13. The summed E-state index contributed by atoms with van der Waals surface area (Å²) in [5.41, 5.74) is 1.03. The Morgan fingerprint density at radius 3 is 2.53 bits per heavy atom. The second-order valence-corrected chi connectivity index (χ2v) is 4.94. The molecular weight excluding hydrogens is 188 g/mol. The Balaban J connectivity index is 2.08. The molecule has 1 aromatic rings. The molecule has 1 fully saturated rings. The third kappa shape index (κ3) is 1.74. The van der Waals surface area contributed by atoms with Crippen LogP contribution in [0.5, 0.6) is 5.75 Å². The summed E-state index contributed by atoms with van der Waals surface area (Å²) in [5, 5.41) is 9.61. The number of hydrogen-bond donors (Lipinski definition) is 1. The Morgan fingerprint density at radius 2 is 2.00 bits per heavy atom. The molecule has 0 radical (unpaired) electrons. The minimum absolute atomic E-state index is 0.123. The third-order valence-corrected chi connectivity index (χ3v) is 3.49. The molecule has 2 nitrogen and oxygen atoms in total. The zero-order valence-electron chi connectivity index (χ0n) is 9.53. The Kier molecular flexibility index (Phi) is 2.47. The molecule has 1 saturated carbocycles. The molecule has 0 bridgehead atoms. The van der Waals surface area contributed by atoms with E-state index in [9.17, 15) is 5.11 Å². The number of aliphatic hydroxyl groups is 1. The highest BCUT2D eigenvalue weighted by atomic mass is 16.5. The average molecular weight is 206 g/mol. The maximum Gasteiger partial charge on any atom is 0.122 e. The van der Waals surface area contributed by atoms with Crippen molar-refractivity contribution in [2.75, 3.05) is 0 Å². The van der Waals surface area contributed by atoms with E-state index in [1.807, 2.05) is 45.0 Å². The first-order valence-corrected chi connectivity index (χ1v) is 5.42. The van der Waals surface area contributed by atoms with Crippen molar-refractivity contribution in [3.05, 3.63) is 29.8 Å². The van der Waals surface area contributed by atoms with Crippen molar-refractivity contribution in [2.24, 2.45) is 5.41 Å². The zero-order chi connectivity index (χ0) is 11.1. The maximum absolute atomic E-state index is 9.61. The van der Waals surface area contributed by atoms with Crippen LogP contribution in [0.15, 0.2) is 24.3 Å². The lowest BCUT2D eigenvalue weighted by molar-refractivity contribution is -0.134. The lowest BCUT2D eigenvalue weighted by atomic mass is 9.66. The Labute approximate surface area is 90.9 Å². The van der Waals surface area contributed by atoms with Gasteiger partial charge in [0.15, 0.2) is 0 Å². The Bertz CT molecular complexity index is 357. The highest BCUT2D eigenvalue weighted by Crippen LogP contribution is 2.43. The normalized spacial score (nSPS) is 28.3. The molecule has 1 aliphatic rings. The van der Waals surface area contributed by atoms with E-state index in [1.54, 1.807) is 0 Å². The van der Waals surface area contributed by atoms with E-state index in [-0.39, 0.29) is 17.6 Å². The highest BCUT2D eigenvalue weighted by Gasteiger charge is 2.49. The molecule has 82 valence electrons. The summed E-state index contributed by atoms with van der Waals surface area (Å²) < 4.78 is 5.91. The van der Waals surface area contributed by atoms with E-state index in [1.165, 1.54) is 0 Å². The van der Waals surface area contributed by atoms with E-state index in [2.05, 4.69) is 0 Å². The van der Waals surface area contributed by atoms with E-state index in [4.69, 9.17) is 4.74 Å². The molecule has 0 spiro atoms. The number of rotatable bonds is 2.